The second-order valence-electron chi connectivity index (χ2n) is 8.68. The molecule has 140 valence electrons. The van der Waals surface area contributed by atoms with E-state index < -0.39 is 0 Å². The maximum absolute atomic E-state index is 6.50. The van der Waals surface area contributed by atoms with Gasteiger partial charge < -0.3 is 5.73 Å². The van der Waals surface area contributed by atoms with Crippen molar-refractivity contribution in [2.75, 3.05) is 6.00 Å². The van der Waals surface area contributed by atoms with Gasteiger partial charge in [0.1, 0.15) is 0 Å². The summed E-state index contributed by atoms with van der Waals surface area (Å²) in [7, 11) is 0. The first-order valence-corrected chi connectivity index (χ1v) is 10.7. The van der Waals surface area contributed by atoms with Gasteiger partial charge >= 0.3 is 0 Å². The van der Waals surface area contributed by atoms with E-state index in [-0.39, 0.29) is 10.8 Å². The molecule has 27 heavy (non-hydrogen) atoms. The normalized spacial score (nSPS) is 36.0. The number of thiocarbonyl (C=S) groups is 1. The number of nitrogens with zero attached hydrogens (tertiary/aromatic N) is 1. The number of nitrogens with two attached hydrogens (primary N) is 1. The van der Waals surface area contributed by atoms with Crippen molar-refractivity contribution in [2.24, 2.45) is 23.0 Å². The summed E-state index contributed by atoms with van der Waals surface area (Å²) >= 11 is 12.1. The van der Waals surface area contributed by atoms with Gasteiger partial charge in [-0.15, -0.1) is 11.6 Å². The van der Waals surface area contributed by atoms with Crippen molar-refractivity contribution < 1.29 is 0 Å². The van der Waals surface area contributed by atoms with Gasteiger partial charge in [0, 0.05) is 23.4 Å². The fourth-order valence-electron chi connectivity index (χ4n) is 6.75. The van der Waals surface area contributed by atoms with Crippen LogP contribution in [0.5, 0.6) is 0 Å². The molecule has 4 aliphatic carbocycles. The molecule has 4 fully saturated rings. The van der Waals surface area contributed by atoms with E-state index >= 15 is 0 Å². The molecule has 0 aromatic heterocycles. The monoisotopic (exact) mass is 396 g/mol. The van der Waals surface area contributed by atoms with Crippen LogP contribution in [0.1, 0.15) is 30.4 Å². The highest BCUT2D eigenvalue weighted by molar-refractivity contribution is 7.80. The van der Waals surface area contributed by atoms with E-state index in [1.165, 1.54) is 17.5 Å². The third-order valence-corrected chi connectivity index (χ3v) is 8.40. The van der Waals surface area contributed by atoms with Gasteiger partial charge in [0.05, 0.1) is 11.0 Å². The molecular weight excluding hydrogens is 372 g/mol. The van der Waals surface area contributed by atoms with Crippen LogP contribution in [0.4, 0.5) is 0 Å². The fraction of sp³-hybridized carbons (Fsp3) is 0.435. The quantitative estimate of drug-likeness (QED) is 0.435. The summed E-state index contributed by atoms with van der Waals surface area (Å²) in [4.78, 5) is 3.19. The number of benzene rings is 2. The van der Waals surface area contributed by atoms with Crippen molar-refractivity contribution >= 4 is 28.8 Å². The SMILES string of the molecule is NC(=S)C12CC3C(N(CCl)Cc4ccccc4)C1CC3(c1ccccc1)C2. The van der Waals surface area contributed by atoms with Crippen LogP contribution in [0.25, 0.3) is 0 Å². The Hall–Kier alpha value is -1.42. The summed E-state index contributed by atoms with van der Waals surface area (Å²) in [6, 6.07) is 22.7. The highest BCUT2D eigenvalue weighted by Gasteiger charge is 2.76. The Kier molecular flexibility index (Phi) is 4.12. The lowest BCUT2D eigenvalue weighted by Crippen LogP contribution is -2.46. The zero-order valence-corrected chi connectivity index (χ0v) is 16.9. The van der Waals surface area contributed by atoms with Gasteiger partial charge in [0.25, 0.3) is 0 Å². The molecule has 2 N–H and O–H groups in total. The van der Waals surface area contributed by atoms with Crippen LogP contribution in [-0.4, -0.2) is 21.9 Å². The van der Waals surface area contributed by atoms with Gasteiger partial charge in [0.15, 0.2) is 0 Å². The Morgan fingerprint density at radius 3 is 2.30 bits per heavy atom. The second kappa shape index (κ2) is 6.30. The predicted octanol–water partition coefficient (Wildman–Crippen LogP) is 4.71. The van der Waals surface area contributed by atoms with E-state index in [2.05, 4.69) is 65.6 Å². The number of halogens is 1. The van der Waals surface area contributed by atoms with E-state index in [0.717, 1.165) is 24.4 Å². The molecule has 0 aliphatic heterocycles. The summed E-state index contributed by atoms with van der Waals surface area (Å²) in [5, 5.41) is 0. The summed E-state index contributed by atoms with van der Waals surface area (Å²) in [6.45, 7) is 0.889. The standard InChI is InChI=1S/C23H25ClN2S/c24-15-26(13-16-7-3-1-4-8-16)20-18-12-23(21(25)27)14-22(18,11-19(20)23)17-9-5-2-6-10-17/h1-10,18-20H,11-15H2,(H2,25,27). The minimum Gasteiger partial charge on any atom is -0.393 e. The van der Waals surface area contributed by atoms with Crippen molar-refractivity contribution in [1.82, 2.24) is 4.90 Å². The summed E-state index contributed by atoms with van der Waals surface area (Å²) in [5.74, 6) is 1.09. The summed E-state index contributed by atoms with van der Waals surface area (Å²) in [5.41, 5.74) is 9.37. The van der Waals surface area contributed by atoms with E-state index in [4.69, 9.17) is 29.6 Å². The van der Waals surface area contributed by atoms with Gasteiger partial charge in [-0.1, -0.05) is 72.9 Å². The molecular formula is C23H25ClN2S. The van der Waals surface area contributed by atoms with Gasteiger partial charge in [-0.3, -0.25) is 4.90 Å². The average molecular weight is 397 g/mol. The molecule has 4 aliphatic rings. The fourth-order valence-corrected chi connectivity index (χ4v) is 7.30. The van der Waals surface area contributed by atoms with E-state index in [0.29, 0.717) is 23.9 Å². The second-order valence-corrected chi connectivity index (χ2v) is 9.36. The molecule has 2 aromatic rings. The number of rotatable bonds is 6. The van der Waals surface area contributed by atoms with Crippen LogP contribution >= 0.6 is 23.8 Å². The lowest BCUT2D eigenvalue weighted by molar-refractivity contribution is 0.132. The predicted molar refractivity (Wildman–Crippen MR) is 115 cm³/mol. The van der Waals surface area contributed by atoms with Crippen LogP contribution < -0.4 is 5.73 Å². The zero-order valence-electron chi connectivity index (χ0n) is 15.4. The van der Waals surface area contributed by atoms with Crippen LogP contribution in [0.15, 0.2) is 60.7 Å². The van der Waals surface area contributed by atoms with Crippen LogP contribution in [-0.2, 0) is 12.0 Å². The summed E-state index contributed by atoms with van der Waals surface area (Å²) < 4.78 is 0. The molecule has 0 amide bonds. The first kappa shape index (κ1) is 17.7. The molecule has 2 aromatic carbocycles. The highest BCUT2D eigenvalue weighted by Crippen LogP contribution is 2.77. The molecule has 4 saturated carbocycles. The van der Waals surface area contributed by atoms with E-state index in [1.54, 1.807) is 0 Å². The lowest BCUT2D eigenvalue weighted by atomic mass is 9.73. The summed E-state index contributed by atoms with van der Waals surface area (Å²) in [6.07, 6.45) is 3.42. The zero-order chi connectivity index (χ0) is 18.6. The van der Waals surface area contributed by atoms with Crippen molar-refractivity contribution in [3.8, 4) is 0 Å². The molecule has 6 rings (SSSR count). The van der Waals surface area contributed by atoms with Gasteiger partial charge in [0.2, 0.25) is 0 Å². The molecule has 0 radical (unpaired) electrons. The van der Waals surface area contributed by atoms with Crippen LogP contribution in [0, 0.1) is 17.3 Å². The Labute approximate surface area is 171 Å². The van der Waals surface area contributed by atoms with Crippen molar-refractivity contribution in [3.05, 3.63) is 71.8 Å². The van der Waals surface area contributed by atoms with Gasteiger partial charge in [-0.2, -0.15) is 0 Å². The van der Waals surface area contributed by atoms with E-state index in [9.17, 15) is 0 Å². The minimum atomic E-state index is 0.0154. The molecule has 5 atom stereocenters. The minimum absolute atomic E-state index is 0.0154. The largest absolute Gasteiger partial charge is 0.393 e. The first-order valence-electron chi connectivity index (χ1n) is 9.80. The van der Waals surface area contributed by atoms with Crippen molar-refractivity contribution in [2.45, 2.75) is 37.3 Å². The van der Waals surface area contributed by atoms with E-state index in [1.807, 2.05) is 0 Å². The van der Waals surface area contributed by atoms with Crippen molar-refractivity contribution in [1.29, 1.82) is 0 Å². The maximum atomic E-state index is 6.50. The molecule has 0 spiro atoms. The molecule has 0 heterocycles. The molecule has 2 nitrogen and oxygen atoms in total. The van der Waals surface area contributed by atoms with Crippen LogP contribution in [0.3, 0.4) is 0 Å². The average Bonchev–Trinajstić information content (AvgIpc) is 3.40. The van der Waals surface area contributed by atoms with Gasteiger partial charge in [-0.25, -0.2) is 0 Å². The topological polar surface area (TPSA) is 29.3 Å². The first-order chi connectivity index (χ1) is 13.1. The highest BCUT2D eigenvalue weighted by atomic mass is 35.5. The van der Waals surface area contributed by atoms with Crippen LogP contribution in [0.2, 0.25) is 0 Å². The third-order valence-electron chi connectivity index (χ3n) is 7.69. The number of alkyl halides is 1. The van der Waals surface area contributed by atoms with Gasteiger partial charge in [-0.05, 0) is 42.2 Å². The Morgan fingerprint density at radius 2 is 1.70 bits per heavy atom. The Morgan fingerprint density at radius 1 is 1.04 bits per heavy atom. The Balaban J connectivity index is 1.53. The lowest BCUT2D eigenvalue weighted by Gasteiger charge is -2.39. The molecule has 0 saturated heterocycles. The van der Waals surface area contributed by atoms with Crippen molar-refractivity contribution in [3.63, 3.8) is 0 Å². The molecule has 4 heteroatoms. The third kappa shape index (κ3) is 2.38. The molecule has 5 unspecified atom stereocenters. The number of hydrogen-bond donors (Lipinski definition) is 1. The Bertz CT molecular complexity index is 857. The smallest absolute Gasteiger partial charge is 0.0793 e. The number of hydrogen-bond acceptors (Lipinski definition) is 2. The maximum Gasteiger partial charge on any atom is 0.0793 e. The molecule has 4 bridgehead atoms.